The van der Waals surface area contributed by atoms with E-state index in [0.29, 0.717) is 6.54 Å². The molecule has 1 spiro atoms. The second-order valence-electron chi connectivity index (χ2n) is 7.44. The van der Waals surface area contributed by atoms with Crippen LogP contribution in [-0.4, -0.2) is 28.7 Å². The zero-order chi connectivity index (χ0) is 18.0. The average molecular weight is 355 g/mol. The molecule has 26 heavy (non-hydrogen) atoms. The second-order valence-corrected chi connectivity index (χ2v) is 7.44. The lowest BCUT2D eigenvalue weighted by Gasteiger charge is -2.44. The van der Waals surface area contributed by atoms with Gasteiger partial charge in [0.1, 0.15) is 23.3 Å². The quantitative estimate of drug-likeness (QED) is 0.902. The Balaban J connectivity index is 1.51. The van der Waals surface area contributed by atoms with Gasteiger partial charge in [0.25, 0.3) is 0 Å². The number of rotatable bonds is 3. The molecule has 0 unspecified atom stereocenters. The van der Waals surface area contributed by atoms with Crippen LogP contribution in [0.4, 0.5) is 4.79 Å². The van der Waals surface area contributed by atoms with Gasteiger partial charge >= 0.3 is 6.03 Å². The molecule has 1 N–H and O–H groups in total. The molecule has 2 aliphatic rings. The number of fused-ring (bicyclic) bond motifs is 1. The third-order valence-corrected chi connectivity index (χ3v) is 5.50. The molecule has 2 heterocycles. The van der Waals surface area contributed by atoms with Crippen LogP contribution in [0, 0.1) is 0 Å². The van der Waals surface area contributed by atoms with Gasteiger partial charge in [0.2, 0.25) is 0 Å². The van der Waals surface area contributed by atoms with Gasteiger partial charge in [-0.25, -0.2) is 4.79 Å². The summed E-state index contributed by atoms with van der Waals surface area (Å²) in [6.07, 6.45) is 8.11. The summed E-state index contributed by atoms with van der Waals surface area (Å²) in [6.45, 7) is 0.415. The van der Waals surface area contributed by atoms with Crippen LogP contribution >= 0.6 is 0 Å². The molecule has 0 bridgehead atoms. The van der Waals surface area contributed by atoms with Crippen molar-refractivity contribution in [2.45, 2.75) is 56.7 Å². The number of hydrogen-bond donors (Lipinski definition) is 1. The standard InChI is InChI=1S/C20H25N3O3/c1-23(14-15-9-12-25-22-15)19(24)21-17-13-20(10-5-2-6-11-20)26-18-8-4-3-7-16(17)18/h3-4,7-9,12,17H,2,5-6,10-11,13-14H2,1H3,(H,21,24)/t17-/m1/s1. The van der Waals surface area contributed by atoms with E-state index in [9.17, 15) is 4.79 Å². The molecular weight excluding hydrogens is 330 g/mol. The highest BCUT2D eigenvalue weighted by Gasteiger charge is 2.42. The van der Waals surface area contributed by atoms with Crippen molar-refractivity contribution in [1.82, 2.24) is 15.4 Å². The van der Waals surface area contributed by atoms with E-state index in [1.165, 1.54) is 25.5 Å². The molecule has 1 aliphatic heterocycles. The highest BCUT2D eigenvalue weighted by atomic mass is 16.5. The van der Waals surface area contributed by atoms with Gasteiger partial charge < -0.3 is 19.5 Å². The van der Waals surface area contributed by atoms with E-state index in [2.05, 4.69) is 10.5 Å². The molecule has 138 valence electrons. The van der Waals surface area contributed by atoms with E-state index in [-0.39, 0.29) is 17.7 Å². The fraction of sp³-hybridized carbons (Fsp3) is 0.500. The number of urea groups is 1. The zero-order valence-electron chi connectivity index (χ0n) is 15.1. The van der Waals surface area contributed by atoms with Crippen molar-refractivity contribution in [2.75, 3.05) is 7.05 Å². The average Bonchev–Trinajstić information content (AvgIpc) is 3.15. The van der Waals surface area contributed by atoms with Crippen molar-refractivity contribution < 1.29 is 14.1 Å². The number of nitrogens with one attached hydrogen (secondary N) is 1. The van der Waals surface area contributed by atoms with Crippen molar-refractivity contribution in [2.24, 2.45) is 0 Å². The monoisotopic (exact) mass is 355 g/mol. The van der Waals surface area contributed by atoms with Gasteiger partial charge in [-0.3, -0.25) is 0 Å². The van der Waals surface area contributed by atoms with Crippen molar-refractivity contribution in [3.63, 3.8) is 0 Å². The Labute approximate surface area is 153 Å². The highest BCUT2D eigenvalue weighted by Crippen LogP contribution is 2.46. The first-order valence-electron chi connectivity index (χ1n) is 9.34. The van der Waals surface area contributed by atoms with Crippen molar-refractivity contribution >= 4 is 6.03 Å². The number of ether oxygens (including phenoxy) is 1. The lowest BCUT2D eigenvalue weighted by molar-refractivity contribution is -0.00168. The molecule has 1 aromatic heterocycles. The first-order valence-corrected chi connectivity index (χ1v) is 9.34. The summed E-state index contributed by atoms with van der Waals surface area (Å²) in [5.41, 5.74) is 1.65. The zero-order valence-corrected chi connectivity index (χ0v) is 15.1. The van der Waals surface area contributed by atoms with E-state index in [4.69, 9.17) is 9.26 Å². The lowest BCUT2D eigenvalue weighted by Crippen LogP contribution is -2.48. The van der Waals surface area contributed by atoms with Gasteiger partial charge in [0.15, 0.2) is 0 Å². The van der Waals surface area contributed by atoms with Crippen LogP contribution in [0.1, 0.15) is 55.8 Å². The Kier molecular flexibility index (Phi) is 4.57. The summed E-state index contributed by atoms with van der Waals surface area (Å²) >= 11 is 0. The molecule has 1 aliphatic carbocycles. The van der Waals surface area contributed by atoms with Crippen LogP contribution in [-0.2, 0) is 6.54 Å². The largest absolute Gasteiger partial charge is 0.487 e. The maximum atomic E-state index is 12.7. The SMILES string of the molecule is CN(Cc1ccon1)C(=O)N[C@@H]1CC2(CCCCC2)Oc2ccccc21. The van der Waals surface area contributed by atoms with Crippen LogP contribution in [0.5, 0.6) is 5.75 Å². The van der Waals surface area contributed by atoms with Crippen LogP contribution < -0.4 is 10.1 Å². The molecule has 1 atom stereocenters. The number of aromatic nitrogens is 1. The fourth-order valence-corrected chi connectivity index (χ4v) is 4.14. The maximum absolute atomic E-state index is 12.7. The topological polar surface area (TPSA) is 67.6 Å². The molecule has 1 aromatic carbocycles. The Hall–Kier alpha value is -2.50. The third kappa shape index (κ3) is 3.41. The predicted octanol–water partition coefficient (Wildman–Crippen LogP) is 4.04. The van der Waals surface area contributed by atoms with E-state index in [0.717, 1.165) is 36.3 Å². The molecule has 2 amide bonds. The summed E-state index contributed by atoms with van der Waals surface area (Å²) in [5, 5.41) is 7.08. The van der Waals surface area contributed by atoms with Gasteiger partial charge in [-0.15, -0.1) is 0 Å². The number of nitrogens with zero attached hydrogens (tertiary/aromatic N) is 2. The lowest BCUT2D eigenvalue weighted by atomic mass is 9.77. The number of benzene rings is 1. The van der Waals surface area contributed by atoms with E-state index < -0.39 is 0 Å². The molecular formula is C20H25N3O3. The van der Waals surface area contributed by atoms with Crippen LogP contribution in [0.25, 0.3) is 0 Å². The first-order chi connectivity index (χ1) is 12.7. The third-order valence-electron chi connectivity index (χ3n) is 5.50. The predicted molar refractivity (Wildman–Crippen MR) is 96.7 cm³/mol. The van der Waals surface area contributed by atoms with Gasteiger partial charge in [-0.05, 0) is 31.7 Å². The Morgan fingerprint density at radius 1 is 1.27 bits per heavy atom. The van der Waals surface area contributed by atoms with E-state index >= 15 is 0 Å². The van der Waals surface area contributed by atoms with Crippen molar-refractivity contribution in [1.29, 1.82) is 0 Å². The number of para-hydroxylation sites is 1. The summed E-state index contributed by atoms with van der Waals surface area (Å²) in [7, 11) is 1.77. The Bertz CT molecular complexity index is 753. The van der Waals surface area contributed by atoms with Crippen LogP contribution in [0.2, 0.25) is 0 Å². The minimum Gasteiger partial charge on any atom is -0.487 e. The van der Waals surface area contributed by atoms with Gasteiger partial charge in [0, 0.05) is 25.1 Å². The van der Waals surface area contributed by atoms with Gasteiger partial charge in [-0.1, -0.05) is 29.8 Å². The summed E-state index contributed by atoms with van der Waals surface area (Å²) in [5.74, 6) is 0.908. The van der Waals surface area contributed by atoms with E-state index in [1.54, 1.807) is 18.0 Å². The fourth-order valence-electron chi connectivity index (χ4n) is 4.14. The van der Waals surface area contributed by atoms with Gasteiger partial charge in [-0.2, -0.15) is 0 Å². The summed E-state index contributed by atoms with van der Waals surface area (Å²) < 4.78 is 11.3. The van der Waals surface area contributed by atoms with Crippen LogP contribution in [0.15, 0.2) is 41.1 Å². The molecule has 1 saturated carbocycles. The smallest absolute Gasteiger partial charge is 0.317 e. The second kappa shape index (κ2) is 7.02. The molecule has 0 saturated heterocycles. The summed E-state index contributed by atoms with van der Waals surface area (Å²) in [6, 6.07) is 9.68. The molecule has 1 fully saturated rings. The summed E-state index contributed by atoms with van der Waals surface area (Å²) in [4.78, 5) is 14.4. The highest BCUT2D eigenvalue weighted by molar-refractivity contribution is 5.74. The first kappa shape index (κ1) is 16.9. The molecule has 2 aromatic rings. The van der Waals surface area contributed by atoms with Crippen molar-refractivity contribution in [3.05, 3.63) is 47.9 Å². The van der Waals surface area contributed by atoms with Crippen LogP contribution in [0.3, 0.4) is 0 Å². The van der Waals surface area contributed by atoms with Crippen molar-refractivity contribution in [3.8, 4) is 5.75 Å². The molecule has 6 heteroatoms. The number of hydrogen-bond acceptors (Lipinski definition) is 4. The normalized spacial score (nSPS) is 20.9. The minimum atomic E-state index is -0.144. The Morgan fingerprint density at radius 3 is 2.85 bits per heavy atom. The van der Waals surface area contributed by atoms with E-state index in [1.807, 2.05) is 24.3 Å². The molecule has 4 rings (SSSR count). The minimum absolute atomic E-state index is 0.0368. The number of carbonyl (C=O) groups excluding carboxylic acids is 1. The van der Waals surface area contributed by atoms with Gasteiger partial charge in [0.05, 0.1) is 12.6 Å². The maximum Gasteiger partial charge on any atom is 0.317 e. The molecule has 0 radical (unpaired) electrons. The Morgan fingerprint density at radius 2 is 2.08 bits per heavy atom. The number of amides is 2. The number of carbonyl (C=O) groups is 1. The molecule has 6 nitrogen and oxygen atoms in total.